The molecule has 1 aromatic heterocycles. The standard InChI is InChI=1S/C16H19FN2O2/c1-16(2,3)21-15(20)19-10-8-11-6-7-13-12(14(11)17)5-4-9-18-13/h4-7,9H,8,10H2,1-3H3,(H,19,20). The van der Waals surface area contributed by atoms with Crippen molar-refractivity contribution < 1.29 is 13.9 Å². The number of carbonyl (C=O) groups is 1. The van der Waals surface area contributed by atoms with Crippen LogP contribution >= 0.6 is 0 Å². The smallest absolute Gasteiger partial charge is 0.407 e. The number of halogens is 1. The van der Waals surface area contributed by atoms with Crippen LogP contribution in [0.15, 0.2) is 30.5 Å². The Bertz CT molecular complexity index is 650. The van der Waals surface area contributed by atoms with Gasteiger partial charge in [0, 0.05) is 18.1 Å². The lowest BCUT2D eigenvalue weighted by molar-refractivity contribution is 0.0528. The lowest BCUT2D eigenvalue weighted by Gasteiger charge is -2.19. The average Bonchev–Trinajstić information content (AvgIpc) is 2.40. The molecule has 4 nitrogen and oxygen atoms in total. The molecule has 2 aromatic rings. The van der Waals surface area contributed by atoms with Gasteiger partial charge in [-0.15, -0.1) is 0 Å². The topological polar surface area (TPSA) is 51.2 Å². The zero-order valence-corrected chi connectivity index (χ0v) is 12.4. The van der Waals surface area contributed by atoms with E-state index in [-0.39, 0.29) is 5.82 Å². The van der Waals surface area contributed by atoms with Crippen LogP contribution < -0.4 is 5.32 Å². The monoisotopic (exact) mass is 290 g/mol. The van der Waals surface area contributed by atoms with Gasteiger partial charge in [0.2, 0.25) is 0 Å². The molecule has 0 atom stereocenters. The van der Waals surface area contributed by atoms with Crippen molar-refractivity contribution >= 4 is 17.0 Å². The van der Waals surface area contributed by atoms with E-state index in [4.69, 9.17) is 4.74 Å². The number of hydrogen-bond donors (Lipinski definition) is 1. The fourth-order valence-corrected chi connectivity index (χ4v) is 1.97. The van der Waals surface area contributed by atoms with Gasteiger partial charge < -0.3 is 10.1 Å². The second kappa shape index (κ2) is 6.08. The number of amides is 1. The summed E-state index contributed by atoms with van der Waals surface area (Å²) in [5.41, 5.74) is 0.634. The van der Waals surface area contributed by atoms with Gasteiger partial charge >= 0.3 is 6.09 Å². The number of benzene rings is 1. The van der Waals surface area contributed by atoms with Gasteiger partial charge in [-0.3, -0.25) is 4.98 Å². The Morgan fingerprint density at radius 3 is 2.81 bits per heavy atom. The molecular weight excluding hydrogens is 271 g/mol. The Morgan fingerprint density at radius 1 is 1.33 bits per heavy atom. The number of pyridine rings is 1. The van der Waals surface area contributed by atoms with Crippen molar-refractivity contribution in [3.05, 3.63) is 41.8 Å². The molecule has 1 amide bonds. The lowest BCUT2D eigenvalue weighted by Crippen LogP contribution is -2.33. The Balaban J connectivity index is 1.98. The van der Waals surface area contributed by atoms with Gasteiger partial charge in [0.1, 0.15) is 11.4 Å². The quantitative estimate of drug-likeness (QED) is 0.942. The molecule has 0 spiro atoms. The summed E-state index contributed by atoms with van der Waals surface area (Å²) in [4.78, 5) is 15.6. The highest BCUT2D eigenvalue weighted by Gasteiger charge is 2.15. The fraction of sp³-hybridized carbons (Fsp3) is 0.375. The van der Waals surface area contributed by atoms with Crippen molar-refractivity contribution in [2.24, 2.45) is 0 Å². The summed E-state index contributed by atoms with van der Waals surface area (Å²) in [6.07, 6.45) is 1.53. The highest BCUT2D eigenvalue weighted by molar-refractivity contribution is 5.79. The Morgan fingerprint density at radius 2 is 2.10 bits per heavy atom. The van der Waals surface area contributed by atoms with Gasteiger partial charge in [0.25, 0.3) is 0 Å². The van der Waals surface area contributed by atoms with E-state index < -0.39 is 11.7 Å². The number of aromatic nitrogens is 1. The number of ether oxygens (including phenoxy) is 1. The van der Waals surface area contributed by atoms with Crippen LogP contribution in [0.1, 0.15) is 26.3 Å². The zero-order valence-electron chi connectivity index (χ0n) is 12.4. The van der Waals surface area contributed by atoms with Crippen molar-refractivity contribution in [2.45, 2.75) is 32.8 Å². The fourth-order valence-electron chi connectivity index (χ4n) is 1.97. The molecule has 0 aliphatic heterocycles. The molecule has 0 unspecified atom stereocenters. The van der Waals surface area contributed by atoms with Crippen molar-refractivity contribution in [3.8, 4) is 0 Å². The van der Waals surface area contributed by atoms with E-state index in [9.17, 15) is 9.18 Å². The molecule has 1 heterocycles. The summed E-state index contributed by atoms with van der Waals surface area (Å²) in [5, 5.41) is 3.11. The lowest BCUT2D eigenvalue weighted by atomic mass is 10.1. The molecule has 1 N–H and O–H groups in total. The Hall–Kier alpha value is -2.17. The van der Waals surface area contributed by atoms with E-state index >= 15 is 0 Å². The predicted octanol–water partition coefficient (Wildman–Crippen LogP) is 3.44. The first kappa shape index (κ1) is 15.2. The van der Waals surface area contributed by atoms with Gasteiger partial charge in [-0.2, -0.15) is 0 Å². The molecule has 0 radical (unpaired) electrons. The maximum absolute atomic E-state index is 14.3. The van der Waals surface area contributed by atoms with Crippen LogP contribution in [0.5, 0.6) is 0 Å². The average molecular weight is 290 g/mol. The van der Waals surface area contributed by atoms with Gasteiger partial charge in [-0.1, -0.05) is 6.07 Å². The van der Waals surface area contributed by atoms with Crippen LogP contribution in [0, 0.1) is 5.82 Å². The van der Waals surface area contributed by atoms with Gasteiger partial charge in [-0.25, -0.2) is 9.18 Å². The van der Waals surface area contributed by atoms with E-state index in [1.54, 1.807) is 51.2 Å². The van der Waals surface area contributed by atoms with Crippen molar-refractivity contribution in [1.82, 2.24) is 10.3 Å². The van der Waals surface area contributed by atoms with Crippen LogP contribution in [0.4, 0.5) is 9.18 Å². The third-order valence-electron chi connectivity index (χ3n) is 2.86. The molecule has 0 saturated carbocycles. The maximum Gasteiger partial charge on any atom is 0.407 e. The zero-order chi connectivity index (χ0) is 15.5. The van der Waals surface area contributed by atoms with Crippen LogP contribution in [0.25, 0.3) is 10.9 Å². The minimum Gasteiger partial charge on any atom is -0.444 e. The molecule has 5 heteroatoms. The third kappa shape index (κ3) is 4.15. The molecule has 2 rings (SSSR count). The second-order valence-corrected chi connectivity index (χ2v) is 5.79. The van der Waals surface area contributed by atoms with Crippen LogP contribution in [0.3, 0.4) is 0 Å². The van der Waals surface area contributed by atoms with Crippen molar-refractivity contribution in [1.29, 1.82) is 0 Å². The number of rotatable bonds is 3. The third-order valence-corrected chi connectivity index (χ3v) is 2.86. The SMILES string of the molecule is CC(C)(C)OC(=O)NCCc1ccc2ncccc2c1F. The molecule has 0 saturated heterocycles. The Kier molecular flexibility index (Phi) is 4.40. The maximum atomic E-state index is 14.3. The molecule has 21 heavy (non-hydrogen) atoms. The second-order valence-electron chi connectivity index (χ2n) is 5.79. The summed E-state index contributed by atoms with van der Waals surface area (Å²) >= 11 is 0. The molecular formula is C16H19FN2O2. The number of fused-ring (bicyclic) bond motifs is 1. The van der Waals surface area contributed by atoms with E-state index in [0.29, 0.717) is 29.4 Å². The van der Waals surface area contributed by atoms with Crippen molar-refractivity contribution in [3.63, 3.8) is 0 Å². The summed E-state index contributed by atoms with van der Waals surface area (Å²) in [6, 6.07) is 6.87. The van der Waals surface area contributed by atoms with E-state index in [0.717, 1.165) is 0 Å². The van der Waals surface area contributed by atoms with Crippen LogP contribution in [0.2, 0.25) is 0 Å². The molecule has 0 aliphatic carbocycles. The first-order valence-corrected chi connectivity index (χ1v) is 6.86. The first-order chi connectivity index (χ1) is 9.87. The predicted molar refractivity (Wildman–Crippen MR) is 79.6 cm³/mol. The number of alkyl carbamates (subject to hydrolysis) is 1. The van der Waals surface area contributed by atoms with Crippen LogP contribution in [-0.4, -0.2) is 23.2 Å². The first-order valence-electron chi connectivity index (χ1n) is 6.86. The van der Waals surface area contributed by atoms with E-state index in [1.165, 1.54) is 0 Å². The van der Waals surface area contributed by atoms with Gasteiger partial charge in [-0.05, 0) is 51.0 Å². The van der Waals surface area contributed by atoms with Crippen LogP contribution in [-0.2, 0) is 11.2 Å². The molecule has 0 fully saturated rings. The molecule has 1 aromatic carbocycles. The highest BCUT2D eigenvalue weighted by atomic mass is 19.1. The number of hydrogen-bond acceptors (Lipinski definition) is 3. The van der Waals surface area contributed by atoms with E-state index in [1.807, 2.05) is 0 Å². The Labute approximate surface area is 123 Å². The highest BCUT2D eigenvalue weighted by Crippen LogP contribution is 2.19. The number of carbonyl (C=O) groups excluding carboxylic acids is 1. The van der Waals surface area contributed by atoms with Gasteiger partial charge in [0.15, 0.2) is 0 Å². The minimum absolute atomic E-state index is 0.286. The molecule has 112 valence electrons. The summed E-state index contributed by atoms with van der Waals surface area (Å²) in [6.45, 7) is 5.70. The summed E-state index contributed by atoms with van der Waals surface area (Å²) in [7, 11) is 0. The van der Waals surface area contributed by atoms with Crippen molar-refractivity contribution in [2.75, 3.05) is 6.54 Å². The number of nitrogens with one attached hydrogen (secondary N) is 1. The largest absolute Gasteiger partial charge is 0.444 e. The molecule has 0 bridgehead atoms. The van der Waals surface area contributed by atoms with Gasteiger partial charge in [0.05, 0.1) is 5.52 Å². The summed E-state index contributed by atoms with van der Waals surface area (Å²) < 4.78 is 19.4. The molecule has 0 aliphatic rings. The normalized spacial score (nSPS) is 11.4. The summed E-state index contributed by atoms with van der Waals surface area (Å²) in [5.74, 6) is -0.286. The number of nitrogens with zero attached hydrogens (tertiary/aromatic N) is 1. The van der Waals surface area contributed by atoms with E-state index in [2.05, 4.69) is 10.3 Å². The minimum atomic E-state index is -0.538.